The van der Waals surface area contributed by atoms with E-state index in [9.17, 15) is 9.59 Å². The summed E-state index contributed by atoms with van der Waals surface area (Å²) in [7, 11) is 0. The molecule has 1 aromatic carbocycles. The molecule has 26 heavy (non-hydrogen) atoms. The van der Waals surface area contributed by atoms with Crippen molar-refractivity contribution in [2.75, 3.05) is 25.1 Å². The molecule has 138 valence electrons. The predicted molar refractivity (Wildman–Crippen MR) is 106 cm³/mol. The normalized spacial score (nSPS) is 14.8. The van der Waals surface area contributed by atoms with Gasteiger partial charge < -0.3 is 14.8 Å². The molecule has 3 rings (SSSR count). The van der Waals surface area contributed by atoms with Crippen LogP contribution < -0.4 is 5.32 Å². The van der Waals surface area contributed by atoms with Crippen LogP contribution in [0, 0.1) is 5.92 Å². The number of nitrogens with one attached hydrogen (secondary N) is 1. The van der Waals surface area contributed by atoms with Gasteiger partial charge in [0.1, 0.15) is 4.88 Å². The molecule has 1 fully saturated rings. The molecule has 1 amide bonds. The largest absolute Gasteiger partial charge is 0.462 e. The van der Waals surface area contributed by atoms with Crippen molar-refractivity contribution in [1.82, 2.24) is 0 Å². The van der Waals surface area contributed by atoms with E-state index in [1.54, 1.807) is 6.92 Å². The molecule has 0 aliphatic carbocycles. The SMILES string of the molecule is CCOC(=O)c1sc(-c2ccc(Br)cc2)cc1NC(=O)C1CCOCC1. The maximum Gasteiger partial charge on any atom is 0.350 e. The fourth-order valence-electron chi connectivity index (χ4n) is 2.78. The highest BCUT2D eigenvalue weighted by molar-refractivity contribution is 9.10. The van der Waals surface area contributed by atoms with E-state index in [4.69, 9.17) is 9.47 Å². The number of amides is 1. The lowest BCUT2D eigenvalue weighted by molar-refractivity contribution is -0.122. The minimum absolute atomic E-state index is 0.0704. The lowest BCUT2D eigenvalue weighted by Gasteiger charge is -2.21. The average molecular weight is 438 g/mol. The maximum atomic E-state index is 12.6. The number of hydrogen-bond donors (Lipinski definition) is 1. The van der Waals surface area contributed by atoms with Crippen LogP contribution in [0.4, 0.5) is 5.69 Å². The van der Waals surface area contributed by atoms with Crippen molar-refractivity contribution in [3.05, 3.63) is 39.7 Å². The first-order valence-electron chi connectivity index (χ1n) is 8.54. The van der Waals surface area contributed by atoms with E-state index < -0.39 is 5.97 Å². The zero-order valence-corrected chi connectivity index (χ0v) is 16.8. The van der Waals surface area contributed by atoms with Crippen LogP contribution in [0.3, 0.4) is 0 Å². The van der Waals surface area contributed by atoms with Gasteiger partial charge in [0, 0.05) is 28.5 Å². The fourth-order valence-corrected chi connectivity index (χ4v) is 4.06. The highest BCUT2D eigenvalue weighted by Crippen LogP contribution is 2.36. The topological polar surface area (TPSA) is 64.6 Å². The zero-order chi connectivity index (χ0) is 18.5. The van der Waals surface area contributed by atoms with Crippen molar-refractivity contribution in [3.8, 4) is 10.4 Å². The summed E-state index contributed by atoms with van der Waals surface area (Å²) in [6.07, 6.45) is 1.40. The van der Waals surface area contributed by atoms with E-state index >= 15 is 0 Å². The molecule has 2 heterocycles. The molecule has 7 heteroatoms. The second-order valence-corrected chi connectivity index (χ2v) is 7.92. The first-order valence-corrected chi connectivity index (χ1v) is 10.1. The molecule has 5 nitrogen and oxygen atoms in total. The minimum atomic E-state index is -0.414. The quantitative estimate of drug-likeness (QED) is 0.687. The van der Waals surface area contributed by atoms with Crippen LogP contribution in [-0.2, 0) is 14.3 Å². The Morgan fingerprint density at radius 3 is 2.62 bits per heavy atom. The summed E-state index contributed by atoms with van der Waals surface area (Å²) in [6, 6.07) is 9.67. The lowest BCUT2D eigenvalue weighted by atomic mass is 9.99. The Labute approximate surface area is 164 Å². The third-order valence-electron chi connectivity index (χ3n) is 4.17. The molecule has 0 bridgehead atoms. The molecule has 0 saturated carbocycles. The van der Waals surface area contributed by atoms with Gasteiger partial charge in [-0.15, -0.1) is 11.3 Å². The molecular weight excluding hydrogens is 418 g/mol. The number of rotatable bonds is 5. The number of esters is 1. The molecule has 0 spiro atoms. The van der Waals surface area contributed by atoms with Crippen molar-refractivity contribution < 1.29 is 19.1 Å². The van der Waals surface area contributed by atoms with Crippen LogP contribution in [-0.4, -0.2) is 31.7 Å². The van der Waals surface area contributed by atoms with Crippen LogP contribution in [0.5, 0.6) is 0 Å². The first kappa shape index (κ1) is 19.1. The van der Waals surface area contributed by atoms with Crippen molar-refractivity contribution in [3.63, 3.8) is 0 Å². The van der Waals surface area contributed by atoms with Crippen molar-refractivity contribution in [2.45, 2.75) is 19.8 Å². The summed E-state index contributed by atoms with van der Waals surface area (Å²) < 4.78 is 11.4. The fraction of sp³-hybridized carbons (Fsp3) is 0.368. The summed E-state index contributed by atoms with van der Waals surface area (Å²) in [5.41, 5.74) is 1.50. The number of halogens is 1. The van der Waals surface area contributed by atoms with Gasteiger partial charge in [-0.2, -0.15) is 0 Å². The predicted octanol–water partition coefficient (Wildman–Crippen LogP) is 4.72. The van der Waals surface area contributed by atoms with Crippen molar-refractivity contribution in [1.29, 1.82) is 0 Å². The maximum absolute atomic E-state index is 12.6. The van der Waals surface area contributed by atoms with Gasteiger partial charge in [-0.3, -0.25) is 4.79 Å². The zero-order valence-electron chi connectivity index (χ0n) is 14.4. The Bertz CT molecular complexity index is 781. The van der Waals surface area contributed by atoms with E-state index in [-0.39, 0.29) is 18.4 Å². The Hall–Kier alpha value is -1.70. The molecular formula is C19H20BrNO4S. The monoisotopic (exact) mass is 437 g/mol. The highest BCUT2D eigenvalue weighted by atomic mass is 79.9. The molecule has 0 unspecified atom stereocenters. The van der Waals surface area contributed by atoms with Crippen molar-refractivity contribution >= 4 is 44.8 Å². The van der Waals surface area contributed by atoms with Crippen LogP contribution >= 0.6 is 27.3 Å². The van der Waals surface area contributed by atoms with Crippen LogP contribution in [0.2, 0.25) is 0 Å². The third-order valence-corrected chi connectivity index (χ3v) is 5.86. The molecule has 0 radical (unpaired) electrons. The van der Waals surface area contributed by atoms with E-state index in [0.29, 0.717) is 36.6 Å². The smallest absolute Gasteiger partial charge is 0.350 e. The van der Waals surface area contributed by atoms with Gasteiger partial charge in [-0.1, -0.05) is 28.1 Å². The summed E-state index contributed by atoms with van der Waals surface area (Å²) in [5, 5.41) is 2.93. The summed E-state index contributed by atoms with van der Waals surface area (Å²) in [6.45, 7) is 3.24. The standard InChI is InChI=1S/C19H20BrNO4S/c1-2-25-19(23)17-15(21-18(22)13-7-9-24-10-8-13)11-16(26-17)12-3-5-14(20)6-4-12/h3-6,11,13H,2,7-10H2,1H3,(H,21,22). The third kappa shape index (κ3) is 4.52. The van der Waals surface area contributed by atoms with E-state index in [2.05, 4.69) is 21.2 Å². The molecule has 1 aromatic heterocycles. The van der Waals surface area contributed by atoms with Gasteiger partial charge in [-0.05, 0) is 43.5 Å². The Kier molecular flexibility index (Phi) is 6.45. The van der Waals surface area contributed by atoms with E-state index in [1.807, 2.05) is 30.3 Å². The number of anilines is 1. The molecule has 0 atom stereocenters. The Morgan fingerprint density at radius 2 is 1.96 bits per heavy atom. The van der Waals surface area contributed by atoms with E-state index in [1.165, 1.54) is 11.3 Å². The van der Waals surface area contributed by atoms with Crippen molar-refractivity contribution in [2.24, 2.45) is 5.92 Å². The molecule has 1 N–H and O–H groups in total. The number of carbonyl (C=O) groups is 2. The van der Waals surface area contributed by atoms with Crippen LogP contribution in [0.1, 0.15) is 29.4 Å². The van der Waals surface area contributed by atoms with Gasteiger partial charge >= 0.3 is 5.97 Å². The second-order valence-electron chi connectivity index (χ2n) is 5.96. The minimum Gasteiger partial charge on any atom is -0.462 e. The van der Waals surface area contributed by atoms with E-state index in [0.717, 1.165) is 14.9 Å². The van der Waals surface area contributed by atoms with Gasteiger partial charge in [0.15, 0.2) is 0 Å². The second kappa shape index (κ2) is 8.79. The Morgan fingerprint density at radius 1 is 1.27 bits per heavy atom. The number of ether oxygens (including phenoxy) is 2. The summed E-state index contributed by atoms with van der Waals surface area (Å²) in [5.74, 6) is -0.572. The summed E-state index contributed by atoms with van der Waals surface area (Å²) >= 11 is 4.75. The molecule has 2 aromatic rings. The molecule has 1 aliphatic rings. The van der Waals surface area contributed by atoms with Crippen LogP contribution in [0.15, 0.2) is 34.8 Å². The number of carbonyl (C=O) groups excluding carboxylic acids is 2. The van der Waals surface area contributed by atoms with Gasteiger partial charge in [0.25, 0.3) is 0 Å². The Balaban J connectivity index is 1.87. The van der Waals surface area contributed by atoms with Gasteiger partial charge in [0.05, 0.1) is 12.3 Å². The molecule has 1 aliphatic heterocycles. The lowest BCUT2D eigenvalue weighted by Crippen LogP contribution is -2.28. The van der Waals surface area contributed by atoms with Gasteiger partial charge in [-0.25, -0.2) is 4.79 Å². The molecule has 1 saturated heterocycles. The number of hydrogen-bond acceptors (Lipinski definition) is 5. The first-order chi connectivity index (χ1) is 12.6. The highest BCUT2D eigenvalue weighted by Gasteiger charge is 2.25. The van der Waals surface area contributed by atoms with Gasteiger partial charge in [0.2, 0.25) is 5.91 Å². The summed E-state index contributed by atoms with van der Waals surface area (Å²) in [4.78, 5) is 26.2. The number of thiophene rings is 1. The number of benzene rings is 1. The van der Waals surface area contributed by atoms with Crippen LogP contribution in [0.25, 0.3) is 10.4 Å². The average Bonchev–Trinajstić information content (AvgIpc) is 3.07.